The minimum Gasteiger partial charge on any atom is -0.256 e. The van der Waals surface area contributed by atoms with Crippen molar-refractivity contribution in [1.82, 2.24) is 9.97 Å². The van der Waals surface area contributed by atoms with Gasteiger partial charge in [0.15, 0.2) is 0 Å². The molecule has 0 atom stereocenters. The fourth-order valence-electron chi connectivity index (χ4n) is 2.07. The van der Waals surface area contributed by atoms with Crippen molar-refractivity contribution in [3.05, 3.63) is 47.8 Å². The molecule has 1 aromatic carbocycles. The van der Waals surface area contributed by atoms with E-state index in [4.69, 9.17) is 0 Å². The molecule has 0 fully saturated rings. The van der Waals surface area contributed by atoms with Crippen molar-refractivity contribution in [2.75, 3.05) is 0 Å². The lowest BCUT2D eigenvalue weighted by Crippen LogP contribution is -1.74. The summed E-state index contributed by atoms with van der Waals surface area (Å²) in [4.78, 5) is 9.02. The third-order valence-corrected chi connectivity index (χ3v) is 3.09. The van der Waals surface area contributed by atoms with Gasteiger partial charge >= 0.3 is 0 Å². The Bertz CT molecular complexity index is 687. The van der Waals surface area contributed by atoms with E-state index in [1.807, 2.05) is 18.3 Å². The summed E-state index contributed by atoms with van der Waals surface area (Å²) in [7, 11) is 0. The monoisotopic (exact) mass is 208 g/mol. The number of rotatable bonds is 0. The van der Waals surface area contributed by atoms with E-state index in [0.717, 1.165) is 22.1 Å². The van der Waals surface area contributed by atoms with Crippen LogP contribution in [0.2, 0.25) is 0 Å². The first kappa shape index (κ1) is 9.28. The smallest absolute Gasteiger partial charge is 0.0802 e. The summed E-state index contributed by atoms with van der Waals surface area (Å²) in [5, 5.41) is 2.36. The van der Waals surface area contributed by atoms with Crippen LogP contribution in [0, 0.1) is 13.8 Å². The second-order valence-corrected chi connectivity index (χ2v) is 4.05. The first-order valence-electron chi connectivity index (χ1n) is 5.38. The highest BCUT2D eigenvalue weighted by Gasteiger charge is 2.08. The van der Waals surface area contributed by atoms with Crippen molar-refractivity contribution < 1.29 is 0 Å². The standard InChI is InChI=1S/C14H12N2/c1-9-10(2)16-14-11(9)6-7-13-12(14)5-3-4-8-15-13/h3-8H,1-2H3. The number of fused-ring (bicyclic) bond motifs is 3. The molecule has 2 aromatic heterocycles. The van der Waals surface area contributed by atoms with Crippen LogP contribution in [-0.2, 0) is 0 Å². The van der Waals surface area contributed by atoms with Crippen LogP contribution in [0.4, 0.5) is 0 Å². The zero-order chi connectivity index (χ0) is 11.1. The molecule has 0 amide bonds. The molecule has 0 bridgehead atoms. The van der Waals surface area contributed by atoms with Crippen LogP contribution in [0.15, 0.2) is 36.5 Å². The van der Waals surface area contributed by atoms with Crippen molar-refractivity contribution in [1.29, 1.82) is 0 Å². The minimum atomic E-state index is 0.995. The Morgan fingerprint density at radius 3 is 2.69 bits per heavy atom. The molecular formula is C14H12N2. The van der Waals surface area contributed by atoms with Gasteiger partial charge in [-0.05, 0) is 31.5 Å². The van der Waals surface area contributed by atoms with Gasteiger partial charge in [-0.15, -0.1) is 0 Å². The zero-order valence-electron chi connectivity index (χ0n) is 9.36. The van der Waals surface area contributed by atoms with E-state index < -0.39 is 0 Å². The Hall–Kier alpha value is -1.96. The van der Waals surface area contributed by atoms with Gasteiger partial charge in [-0.2, -0.15) is 0 Å². The van der Waals surface area contributed by atoms with Crippen LogP contribution in [0.5, 0.6) is 0 Å². The Labute approximate surface area is 94.0 Å². The van der Waals surface area contributed by atoms with E-state index in [9.17, 15) is 0 Å². The zero-order valence-corrected chi connectivity index (χ0v) is 9.36. The van der Waals surface area contributed by atoms with Gasteiger partial charge in [0.1, 0.15) is 0 Å². The van der Waals surface area contributed by atoms with Crippen molar-refractivity contribution >= 4 is 21.8 Å². The molecule has 0 aliphatic carbocycles. The highest BCUT2D eigenvalue weighted by atomic mass is 14.7. The van der Waals surface area contributed by atoms with Gasteiger partial charge in [-0.25, -0.2) is 0 Å². The van der Waals surface area contributed by atoms with Gasteiger partial charge in [-0.1, -0.05) is 18.2 Å². The summed E-state index contributed by atoms with van der Waals surface area (Å²) in [6.07, 6.45) is 1.82. The molecule has 2 heterocycles. The highest BCUT2D eigenvalue weighted by molar-refractivity contribution is 6.05. The maximum Gasteiger partial charge on any atom is 0.0802 e. The van der Waals surface area contributed by atoms with Crippen LogP contribution in [0.1, 0.15) is 11.3 Å². The average molecular weight is 208 g/mol. The highest BCUT2D eigenvalue weighted by Crippen LogP contribution is 2.27. The van der Waals surface area contributed by atoms with Crippen LogP contribution < -0.4 is 0 Å². The molecule has 0 spiro atoms. The number of aromatic nitrogens is 2. The molecule has 2 nitrogen and oxygen atoms in total. The number of aryl methyl sites for hydroxylation is 2. The van der Waals surface area contributed by atoms with E-state index in [0.29, 0.717) is 0 Å². The van der Waals surface area contributed by atoms with E-state index in [2.05, 4.69) is 42.0 Å². The van der Waals surface area contributed by atoms with Crippen LogP contribution in [0.3, 0.4) is 0 Å². The topological polar surface area (TPSA) is 25.8 Å². The lowest BCUT2D eigenvalue weighted by molar-refractivity contribution is 1.26. The molecule has 0 saturated heterocycles. The predicted molar refractivity (Wildman–Crippen MR) is 66.5 cm³/mol. The Balaban J connectivity index is 2.60. The van der Waals surface area contributed by atoms with E-state index in [1.165, 1.54) is 10.9 Å². The molecule has 0 unspecified atom stereocenters. The molecule has 0 N–H and O–H groups in total. The number of hydrogen-bond donors (Lipinski definition) is 0. The van der Waals surface area contributed by atoms with Crippen molar-refractivity contribution in [3.63, 3.8) is 0 Å². The number of hydrogen-bond acceptors (Lipinski definition) is 2. The largest absolute Gasteiger partial charge is 0.256 e. The van der Waals surface area contributed by atoms with Crippen molar-refractivity contribution in [2.24, 2.45) is 0 Å². The summed E-state index contributed by atoms with van der Waals surface area (Å²) in [5.74, 6) is 0. The van der Waals surface area contributed by atoms with Gasteiger partial charge in [0, 0.05) is 22.7 Å². The SMILES string of the molecule is Cc1nc2c(ccc3nccccc32)c1C. The first-order chi connectivity index (χ1) is 7.77. The Kier molecular flexibility index (Phi) is 1.90. The van der Waals surface area contributed by atoms with Crippen LogP contribution >= 0.6 is 0 Å². The second kappa shape index (κ2) is 3.27. The summed E-state index contributed by atoms with van der Waals surface area (Å²) in [5.41, 5.74) is 4.43. The average Bonchev–Trinajstić information content (AvgIpc) is 2.51. The molecular weight excluding hydrogens is 196 g/mol. The van der Waals surface area contributed by atoms with Crippen molar-refractivity contribution in [3.8, 4) is 0 Å². The lowest BCUT2D eigenvalue weighted by Gasteiger charge is -1.94. The maximum absolute atomic E-state index is 4.63. The quantitative estimate of drug-likeness (QED) is 0.566. The molecule has 0 aliphatic heterocycles. The van der Waals surface area contributed by atoms with Gasteiger partial charge in [0.05, 0.1) is 11.0 Å². The molecule has 3 aromatic rings. The number of nitrogens with zero attached hydrogens (tertiary/aromatic N) is 2. The van der Waals surface area contributed by atoms with Gasteiger partial charge < -0.3 is 0 Å². The van der Waals surface area contributed by atoms with E-state index in [1.54, 1.807) is 0 Å². The fourth-order valence-corrected chi connectivity index (χ4v) is 2.07. The predicted octanol–water partition coefficient (Wildman–Crippen LogP) is 3.40. The third-order valence-electron chi connectivity index (χ3n) is 3.09. The molecule has 78 valence electrons. The van der Waals surface area contributed by atoms with Crippen molar-refractivity contribution in [2.45, 2.75) is 13.8 Å². The minimum absolute atomic E-state index is 0.995. The molecule has 0 aliphatic rings. The molecule has 3 rings (SSSR count). The Morgan fingerprint density at radius 2 is 1.81 bits per heavy atom. The molecule has 0 radical (unpaired) electrons. The third kappa shape index (κ3) is 1.20. The molecule has 0 saturated carbocycles. The lowest BCUT2D eigenvalue weighted by atomic mass is 10.1. The number of benzene rings is 1. The maximum atomic E-state index is 4.63. The van der Waals surface area contributed by atoms with E-state index >= 15 is 0 Å². The van der Waals surface area contributed by atoms with Gasteiger partial charge in [0.2, 0.25) is 0 Å². The second-order valence-electron chi connectivity index (χ2n) is 4.05. The van der Waals surface area contributed by atoms with E-state index in [-0.39, 0.29) is 0 Å². The van der Waals surface area contributed by atoms with Crippen LogP contribution in [0.25, 0.3) is 21.8 Å². The summed E-state index contributed by atoms with van der Waals surface area (Å²) < 4.78 is 0. The summed E-state index contributed by atoms with van der Waals surface area (Å²) in [6.45, 7) is 4.17. The fraction of sp³-hybridized carbons (Fsp3) is 0.143. The molecule has 16 heavy (non-hydrogen) atoms. The first-order valence-corrected chi connectivity index (χ1v) is 5.38. The summed E-state index contributed by atoms with van der Waals surface area (Å²) in [6, 6.07) is 10.2. The van der Waals surface area contributed by atoms with Gasteiger partial charge in [-0.3, -0.25) is 9.97 Å². The normalized spacial score (nSPS) is 11.1. The summed E-state index contributed by atoms with van der Waals surface area (Å²) >= 11 is 0. The van der Waals surface area contributed by atoms with Gasteiger partial charge in [0.25, 0.3) is 0 Å². The van der Waals surface area contributed by atoms with Crippen LogP contribution in [-0.4, -0.2) is 9.97 Å². The molecule has 2 heteroatoms. The Morgan fingerprint density at radius 1 is 0.938 bits per heavy atom.